The van der Waals surface area contributed by atoms with E-state index in [1.165, 1.54) is 13.1 Å². The number of fused-ring (bicyclic) bond motifs is 1. The number of carbonyl (C=O) groups is 1. The van der Waals surface area contributed by atoms with Crippen LogP contribution in [0, 0.1) is 12.9 Å². The van der Waals surface area contributed by atoms with Crippen LogP contribution in [-0.4, -0.2) is 45.9 Å². The monoisotopic (exact) mass is 407 g/mol. The molecule has 1 amide bonds. The number of nitrogens with zero attached hydrogens (tertiary/aromatic N) is 3. The van der Waals surface area contributed by atoms with E-state index in [1.807, 2.05) is 18.3 Å². The molecular weight excluding hydrogens is 385 g/mol. The average molecular weight is 407 g/mol. The molecule has 4 rings (SSSR count). The number of hydrogen-bond donors (Lipinski definition) is 2. The van der Waals surface area contributed by atoms with Gasteiger partial charge < -0.3 is 10.3 Å². The van der Waals surface area contributed by atoms with Gasteiger partial charge in [0.05, 0.1) is 11.0 Å². The Labute approximate surface area is 172 Å². The standard InChI is InChI=1S/C22H22FN5O2/c1-13-9-18-19(27-21(13)29)10-14(11-25-18)12-28-7-5-15(6-8-28)16-3-4-17(22(30)24-2)26-20(16)23/h3-5,9-11H,6-8,12H2,1-2H3,(H,24,30)(H,27,29). The van der Waals surface area contributed by atoms with Crippen LogP contribution < -0.4 is 10.9 Å². The van der Waals surface area contributed by atoms with Crippen molar-refractivity contribution in [2.24, 2.45) is 0 Å². The molecule has 0 aromatic carbocycles. The SMILES string of the molecule is CNC(=O)c1ccc(C2=CCN(Cc3cnc4cc(C)c(=O)[nH]c4c3)CC2)c(F)n1. The maximum Gasteiger partial charge on any atom is 0.269 e. The second kappa shape index (κ2) is 8.16. The minimum absolute atomic E-state index is 0.0637. The van der Waals surface area contributed by atoms with E-state index in [-0.39, 0.29) is 11.3 Å². The Bertz CT molecular complexity index is 1220. The largest absolute Gasteiger partial charge is 0.354 e. The number of amides is 1. The smallest absolute Gasteiger partial charge is 0.269 e. The number of aromatic nitrogens is 3. The molecule has 8 heteroatoms. The molecule has 0 unspecified atom stereocenters. The first kappa shape index (κ1) is 19.9. The first-order valence-corrected chi connectivity index (χ1v) is 9.73. The highest BCUT2D eigenvalue weighted by molar-refractivity contribution is 5.92. The van der Waals surface area contributed by atoms with Crippen molar-refractivity contribution in [1.29, 1.82) is 0 Å². The molecule has 0 saturated heterocycles. The zero-order valence-corrected chi connectivity index (χ0v) is 16.8. The number of halogens is 1. The number of nitrogens with one attached hydrogen (secondary N) is 2. The van der Waals surface area contributed by atoms with Crippen LogP contribution in [0.2, 0.25) is 0 Å². The third-order valence-electron chi connectivity index (χ3n) is 5.29. The second-order valence-electron chi connectivity index (χ2n) is 7.39. The van der Waals surface area contributed by atoms with Crippen LogP contribution >= 0.6 is 0 Å². The summed E-state index contributed by atoms with van der Waals surface area (Å²) >= 11 is 0. The van der Waals surface area contributed by atoms with Gasteiger partial charge in [-0.1, -0.05) is 6.08 Å². The maximum absolute atomic E-state index is 14.4. The van der Waals surface area contributed by atoms with Crippen LogP contribution in [-0.2, 0) is 6.54 Å². The molecule has 0 aliphatic carbocycles. The zero-order chi connectivity index (χ0) is 21.3. The molecule has 3 aromatic heterocycles. The van der Waals surface area contributed by atoms with Gasteiger partial charge in [-0.15, -0.1) is 0 Å². The number of carbonyl (C=O) groups excluding carboxylic acids is 1. The summed E-state index contributed by atoms with van der Waals surface area (Å²) in [7, 11) is 1.48. The van der Waals surface area contributed by atoms with Gasteiger partial charge in [0, 0.05) is 44.0 Å². The number of rotatable bonds is 4. The van der Waals surface area contributed by atoms with Crippen molar-refractivity contribution in [3.8, 4) is 0 Å². The van der Waals surface area contributed by atoms with E-state index in [0.717, 1.165) is 28.7 Å². The van der Waals surface area contributed by atoms with Crippen molar-refractivity contribution in [3.05, 3.63) is 75.2 Å². The molecule has 0 saturated carbocycles. The molecule has 0 spiro atoms. The Balaban J connectivity index is 1.47. The highest BCUT2D eigenvalue weighted by atomic mass is 19.1. The summed E-state index contributed by atoms with van der Waals surface area (Å²) in [4.78, 5) is 36.8. The van der Waals surface area contributed by atoms with Crippen molar-refractivity contribution < 1.29 is 9.18 Å². The molecule has 4 heterocycles. The molecule has 0 fully saturated rings. The van der Waals surface area contributed by atoms with Crippen molar-refractivity contribution in [2.45, 2.75) is 19.9 Å². The number of pyridine rings is 3. The Hall–Kier alpha value is -3.39. The predicted molar refractivity (Wildman–Crippen MR) is 113 cm³/mol. The van der Waals surface area contributed by atoms with E-state index >= 15 is 0 Å². The number of aromatic amines is 1. The summed E-state index contributed by atoms with van der Waals surface area (Å²) in [5.74, 6) is -1.04. The molecule has 0 bridgehead atoms. The Morgan fingerprint density at radius 2 is 2.17 bits per heavy atom. The first-order chi connectivity index (χ1) is 14.4. The minimum Gasteiger partial charge on any atom is -0.354 e. The zero-order valence-electron chi connectivity index (χ0n) is 16.8. The van der Waals surface area contributed by atoms with Crippen molar-refractivity contribution in [1.82, 2.24) is 25.2 Å². The summed E-state index contributed by atoms with van der Waals surface area (Å²) in [6, 6.07) is 6.88. The summed E-state index contributed by atoms with van der Waals surface area (Å²) in [5.41, 5.74) is 4.40. The molecule has 1 aliphatic rings. The van der Waals surface area contributed by atoms with Gasteiger partial charge in [-0.3, -0.25) is 19.5 Å². The minimum atomic E-state index is -0.631. The normalized spacial score (nSPS) is 14.6. The van der Waals surface area contributed by atoms with Gasteiger partial charge in [0.25, 0.3) is 11.5 Å². The lowest BCUT2D eigenvalue weighted by Crippen LogP contribution is -2.28. The van der Waals surface area contributed by atoms with Crippen LogP contribution in [0.1, 0.15) is 33.6 Å². The summed E-state index contributed by atoms with van der Waals surface area (Å²) in [6.07, 6.45) is 4.48. The van der Waals surface area contributed by atoms with Gasteiger partial charge in [0.2, 0.25) is 5.95 Å². The number of aryl methyl sites for hydroxylation is 1. The lowest BCUT2D eigenvalue weighted by Gasteiger charge is -2.26. The number of H-pyrrole nitrogens is 1. The molecule has 7 nitrogen and oxygen atoms in total. The summed E-state index contributed by atoms with van der Waals surface area (Å²) in [5, 5.41) is 2.44. The fraction of sp³-hybridized carbons (Fsp3) is 0.273. The second-order valence-corrected chi connectivity index (χ2v) is 7.39. The average Bonchev–Trinajstić information content (AvgIpc) is 2.75. The van der Waals surface area contributed by atoms with E-state index in [1.54, 1.807) is 19.1 Å². The third kappa shape index (κ3) is 3.99. The van der Waals surface area contributed by atoms with Crippen LogP contribution in [0.25, 0.3) is 16.6 Å². The summed E-state index contributed by atoms with van der Waals surface area (Å²) < 4.78 is 14.4. The molecule has 0 atom stereocenters. The molecular formula is C22H22FN5O2. The lowest BCUT2D eigenvalue weighted by molar-refractivity contribution is 0.0957. The Morgan fingerprint density at radius 1 is 1.33 bits per heavy atom. The van der Waals surface area contributed by atoms with Gasteiger partial charge >= 0.3 is 0 Å². The topological polar surface area (TPSA) is 91.0 Å². The Kier molecular flexibility index (Phi) is 5.41. The molecule has 154 valence electrons. The molecule has 2 N–H and O–H groups in total. The van der Waals surface area contributed by atoms with Crippen molar-refractivity contribution in [3.63, 3.8) is 0 Å². The van der Waals surface area contributed by atoms with E-state index in [4.69, 9.17) is 0 Å². The van der Waals surface area contributed by atoms with Crippen molar-refractivity contribution in [2.75, 3.05) is 20.1 Å². The maximum atomic E-state index is 14.4. The predicted octanol–water partition coefficient (Wildman–Crippen LogP) is 2.41. The van der Waals surface area contributed by atoms with Crippen LogP contribution in [0.15, 0.2) is 41.3 Å². The highest BCUT2D eigenvalue weighted by Gasteiger charge is 2.18. The van der Waals surface area contributed by atoms with E-state index < -0.39 is 11.9 Å². The highest BCUT2D eigenvalue weighted by Crippen LogP contribution is 2.25. The van der Waals surface area contributed by atoms with Crippen LogP contribution in [0.4, 0.5) is 4.39 Å². The van der Waals surface area contributed by atoms with E-state index in [9.17, 15) is 14.0 Å². The molecule has 1 aliphatic heterocycles. The van der Waals surface area contributed by atoms with E-state index in [2.05, 4.69) is 25.2 Å². The van der Waals surface area contributed by atoms with E-state index in [0.29, 0.717) is 30.6 Å². The lowest BCUT2D eigenvalue weighted by atomic mass is 10.00. The van der Waals surface area contributed by atoms with Gasteiger partial charge in [0.1, 0.15) is 5.69 Å². The Morgan fingerprint density at radius 3 is 2.87 bits per heavy atom. The van der Waals surface area contributed by atoms with Gasteiger partial charge in [-0.05, 0) is 48.7 Å². The quantitative estimate of drug-likeness (QED) is 0.648. The third-order valence-corrected chi connectivity index (χ3v) is 5.29. The fourth-order valence-corrected chi connectivity index (χ4v) is 3.60. The number of hydrogen-bond acceptors (Lipinski definition) is 5. The summed E-state index contributed by atoms with van der Waals surface area (Å²) in [6.45, 7) is 3.86. The molecule has 30 heavy (non-hydrogen) atoms. The molecule has 3 aromatic rings. The first-order valence-electron chi connectivity index (χ1n) is 9.73. The molecule has 0 radical (unpaired) electrons. The van der Waals surface area contributed by atoms with Gasteiger partial charge in [-0.25, -0.2) is 4.98 Å². The van der Waals surface area contributed by atoms with Gasteiger partial charge in [-0.2, -0.15) is 4.39 Å². The van der Waals surface area contributed by atoms with Crippen LogP contribution in [0.3, 0.4) is 0 Å². The van der Waals surface area contributed by atoms with Crippen molar-refractivity contribution >= 4 is 22.5 Å². The van der Waals surface area contributed by atoms with Crippen LogP contribution in [0.5, 0.6) is 0 Å². The van der Waals surface area contributed by atoms with Gasteiger partial charge in [0.15, 0.2) is 0 Å². The fourth-order valence-electron chi connectivity index (χ4n) is 3.60.